The van der Waals surface area contributed by atoms with Crippen molar-refractivity contribution < 1.29 is 4.74 Å². The quantitative estimate of drug-likeness (QED) is 0.600. The molecule has 0 radical (unpaired) electrons. The highest BCUT2D eigenvalue weighted by Gasteiger charge is 2.20. The predicted molar refractivity (Wildman–Crippen MR) is 117 cm³/mol. The molecule has 0 spiro atoms. The van der Waals surface area contributed by atoms with Crippen LogP contribution in [0.3, 0.4) is 0 Å². The molecule has 1 saturated heterocycles. The predicted octanol–water partition coefficient (Wildman–Crippen LogP) is 5.07. The van der Waals surface area contributed by atoms with Gasteiger partial charge in [0.2, 0.25) is 0 Å². The van der Waals surface area contributed by atoms with E-state index in [-0.39, 0.29) is 0 Å². The van der Waals surface area contributed by atoms with E-state index in [9.17, 15) is 0 Å². The van der Waals surface area contributed by atoms with Crippen LogP contribution in [-0.2, 0) is 6.54 Å². The molecule has 0 amide bonds. The van der Waals surface area contributed by atoms with Gasteiger partial charge in [-0.15, -0.1) is 0 Å². The van der Waals surface area contributed by atoms with Gasteiger partial charge in [0, 0.05) is 32.7 Å². The molecule has 3 aromatic rings. The third-order valence-electron chi connectivity index (χ3n) is 5.37. The van der Waals surface area contributed by atoms with Gasteiger partial charge >= 0.3 is 0 Å². The highest BCUT2D eigenvalue weighted by molar-refractivity contribution is 5.67. The number of para-hydroxylation sites is 2. The lowest BCUT2D eigenvalue weighted by molar-refractivity contribution is 0.249. The van der Waals surface area contributed by atoms with Crippen LogP contribution < -0.4 is 9.64 Å². The van der Waals surface area contributed by atoms with E-state index in [0.717, 1.165) is 38.5 Å². The first-order valence-electron chi connectivity index (χ1n) is 10.2. The second kappa shape index (κ2) is 8.94. The van der Waals surface area contributed by atoms with E-state index in [1.54, 1.807) is 0 Å². The molecule has 0 unspecified atom stereocenters. The van der Waals surface area contributed by atoms with Crippen LogP contribution in [0.25, 0.3) is 11.1 Å². The van der Waals surface area contributed by atoms with Crippen molar-refractivity contribution in [3.8, 4) is 16.9 Å². The number of benzene rings is 3. The SMILES string of the molecule is CCOc1ccccc1N1CCN(Cc2ccccc2-c2ccccc2)CC1. The Hall–Kier alpha value is -2.78. The van der Waals surface area contributed by atoms with Crippen LogP contribution in [0.15, 0.2) is 78.9 Å². The van der Waals surface area contributed by atoms with Gasteiger partial charge in [-0.25, -0.2) is 0 Å². The molecule has 1 fully saturated rings. The fourth-order valence-corrected chi connectivity index (χ4v) is 3.94. The Balaban J connectivity index is 1.44. The summed E-state index contributed by atoms with van der Waals surface area (Å²) in [6.07, 6.45) is 0. The fraction of sp³-hybridized carbons (Fsp3) is 0.280. The van der Waals surface area contributed by atoms with E-state index in [0.29, 0.717) is 6.61 Å². The van der Waals surface area contributed by atoms with Gasteiger partial charge in [-0.3, -0.25) is 4.90 Å². The monoisotopic (exact) mass is 372 g/mol. The summed E-state index contributed by atoms with van der Waals surface area (Å²) in [5, 5.41) is 0. The number of ether oxygens (including phenoxy) is 1. The van der Waals surface area contributed by atoms with Gasteiger partial charge in [0.1, 0.15) is 5.75 Å². The number of hydrogen-bond acceptors (Lipinski definition) is 3. The Bertz CT molecular complexity index is 886. The first-order valence-corrected chi connectivity index (χ1v) is 10.2. The average molecular weight is 373 g/mol. The maximum Gasteiger partial charge on any atom is 0.142 e. The summed E-state index contributed by atoms with van der Waals surface area (Å²) in [6.45, 7) is 7.90. The molecule has 0 bridgehead atoms. The standard InChI is InChI=1S/C25H28N2O/c1-2-28-25-15-9-8-14-24(25)27-18-16-26(17-19-27)20-22-12-6-7-13-23(22)21-10-4-3-5-11-21/h3-15H,2,16-20H2,1H3. The van der Waals surface area contributed by atoms with Crippen LogP contribution in [0.4, 0.5) is 5.69 Å². The molecular weight excluding hydrogens is 344 g/mol. The zero-order valence-electron chi connectivity index (χ0n) is 16.6. The van der Waals surface area contributed by atoms with E-state index in [2.05, 4.69) is 82.6 Å². The average Bonchev–Trinajstić information content (AvgIpc) is 2.76. The Kier molecular flexibility index (Phi) is 5.93. The summed E-state index contributed by atoms with van der Waals surface area (Å²) in [4.78, 5) is 5.01. The van der Waals surface area contributed by atoms with E-state index >= 15 is 0 Å². The molecule has 0 aliphatic carbocycles. The molecule has 3 heteroatoms. The third kappa shape index (κ3) is 4.20. The molecule has 0 aromatic heterocycles. The van der Waals surface area contributed by atoms with Crippen molar-refractivity contribution in [2.45, 2.75) is 13.5 Å². The normalized spacial score (nSPS) is 14.8. The number of nitrogens with zero attached hydrogens (tertiary/aromatic N) is 2. The molecule has 144 valence electrons. The second-order valence-corrected chi connectivity index (χ2v) is 7.19. The lowest BCUT2D eigenvalue weighted by atomic mass is 9.99. The van der Waals surface area contributed by atoms with Crippen molar-refractivity contribution in [3.63, 3.8) is 0 Å². The first-order chi connectivity index (χ1) is 13.8. The molecule has 1 heterocycles. The molecule has 1 aliphatic heterocycles. The molecular formula is C25H28N2O. The highest BCUT2D eigenvalue weighted by atomic mass is 16.5. The summed E-state index contributed by atoms with van der Waals surface area (Å²) in [7, 11) is 0. The molecule has 3 aromatic carbocycles. The van der Waals surface area contributed by atoms with E-state index in [4.69, 9.17) is 4.74 Å². The van der Waals surface area contributed by atoms with Crippen LogP contribution in [0.5, 0.6) is 5.75 Å². The van der Waals surface area contributed by atoms with Gasteiger partial charge in [-0.05, 0) is 35.7 Å². The molecule has 0 saturated carbocycles. The molecule has 28 heavy (non-hydrogen) atoms. The maximum atomic E-state index is 5.82. The topological polar surface area (TPSA) is 15.7 Å². The summed E-state index contributed by atoms with van der Waals surface area (Å²) >= 11 is 0. The summed E-state index contributed by atoms with van der Waals surface area (Å²) in [6, 6.07) is 27.9. The Labute approximate surface area is 168 Å². The van der Waals surface area contributed by atoms with Crippen molar-refractivity contribution in [2.75, 3.05) is 37.7 Å². The van der Waals surface area contributed by atoms with E-state index in [1.165, 1.54) is 22.4 Å². The first kappa shape index (κ1) is 18.6. The number of rotatable bonds is 6. The van der Waals surface area contributed by atoms with Crippen LogP contribution in [0, 0.1) is 0 Å². The van der Waals surface area contributed by atoms with Crippen LogP contribution in [-0.4, -0.2) is 37.7 Å². The molecule has 0 N–H and O–H groups in total. The Morgan fingerprint density at radius 2 is 1.43 bits per heavy atom. The van der Waals surface area contributed by atoms with Crippen molar-refractivity contribution >= 4 is 5.69 Å². The lowest BCUT2D eigenvalue weighted by Crippen LogP contribution is -2.46. The highest BCUT2D eigenvalue weighted by Crippen LogP contribution is 2.30. The van der Waals surface area contributed by atoms with Gasteiger partial charge in [-0.2, -0.15) is 0 Å². The number of piperazine rings is 1. The molecule has 0 atom stereocenters. The summed E-state index contributed by atoms with van der Waals surface area (Å²) in [5.41, 5.74) is 5.25. The van der Waals surface area contributed by atoms with Gasteiger partial charge in [0.05, 0.1) is 12.3 Å². The summed E-state index contributed by atoms with van der Waals surface area (Å²) in [5.74, 6) is 0.993. The smallest absolute Gasteiger partial charge is 0.142 e. The minimum Gasteiger partial charge on any atom is -0.492 e. The minimum atomic E-state index is 0.702. The third-order valence-corrected chi connectivity index (χ3v) is 5.37. The zero-order valence-corrected chi connectivity index (χ0v) is 16.6. The van der Waals surface area contributed by atoms with Crippen molar-refractivity contribution in [3.05, 3.63) is 84.4 Å². The van der Waals surface area contributed by atoms with Crippen molar-refractivity contribution in [1.82, 2.24) is 4.90 Å². The molecule has 4 rings (SSSR count). The largest absolute Gasteiger partial charge is 0.492 e. The maximum absolute atomic E-state index is 5.82. The van der Waals surface area contributed by atoms with Gasteiger partial charge in [0.15, 0.2) is 0 Å². The van der Waals surface area contributed by atoms with Crippen molar-refractivity contribution in [1.29, 1.82) is 0 Å². The van der Waals surface area contributed by atoms with Gasteiger partial charge in [0.25, 0.3) is 0 Å². The zero-order chi connectivity index (χ0) is 19.2. The fourth-order valence-electron chi connectivity index (χ4n) is 3.94. The number of anilines is 1. The van der Waals surface area contributed by atoms with Crippen LogP contribution in [0.1, 0.15) is 12.5 Å². The Morgan fingerprint density at radius 3 is 2.21 bits per heavy atom. The van der Waals surface area contributed by atoms with Crippen LogP contribution >= 0.6 is 0 Å². The number of hydrogen-bond donors (Lipinski definition) is 0. The molecule has 3 nitrogen and oxygen atoms in total. The van der Waals surface area contributed by atoms with E-state index < -0.39 is 0 Å². The second-order valence-electron chi connectivity index (χ2n) is 7.19. The minimum absolute atomic E-state index is 0.702. The van der Waals surface area contributed by atoms with Crippen LogP contribution in [0.2, 0.25) is 0 Å². The Morgan fingerprint density at radius 1 is 0.750 bits per heavy atom. The molecule has 1 aliphatic rings. The van der Waals surface area contributed by atoms with Gasteiger partial charge in [-0.1, -0.05) is 66.7 Å². The van der Waals surface area contributed by atoms with Crippen molar-refractivity contribution in [2.24, 2.45) is 0 Å². The van der Waals surface area contributed by atoms with E-state index in [1.807, 2.05) is 13.0 Å². The van der Waals surface area contributed by atoms with Gasteiger partial charge < -0.3 is 9.64 Å². The lowest BCUT2D eigenvalue weighted by Gasteiger charge is -2.37. The summed E-state index contributed by atoms with van der Waals surface area (Å²) < 4.78 is 5.82.